The molecule has 0 amide bonds. The SMILES string of the molecule is CC1Cc2ccc([N+](=O)[O-])cc2N1. The topological polar surface area (TPSA) is 55.2 Å². The number of non-ortho nitro benzene ring substituents is 1. The van der Waals surface area contributed by atoms with Crippen molar-refractivity contribution >= 4 is 11.4 Å². The second kappa shape index (κ2) is 2.73. The maximum absolute atomic E-state index is 10.5. The van der Waals surface area contributed by atoms with Crippen molar-refractivity contribution in [1.82, 2.24) is 0 Å². The smallest absolute Gasteiger partial charge is 0.271 e. The Morgan fingerprint density at radius 2 is 2.38 bits per heavy atom. The van der Waals surface area contributed by atoms with E-state index in [1.165, 1.54) is 0 Å². The van der Waals surface area contributed by atoms with Gasteiger partial charge in [0.25, 0.3) is 5.69 Å². The molecule has 1 aromatic rings. The fourth-order valence-electron chi connectivity index (χ4n) is 1.64. The molecule has 0 aromatic heterocycles. The summed E-state index contributed by atoms with van der Waals surface area (Å²) in [6.07, 6.45) is 0.952. The summed E-state index contributed by atoms with van der Waals surface area (Å²) in [6.45, 7) is 2.06. The van der Waals surface area contributed by atoms with E-state index in [0.717, 1.165) is 17.7 Å². The summed E-state index contributed by atoms with van der Waals surface area (Å²) in [6, 6.07) is 5.36. The number of hydrogen-bond donors (Lipinski definition) is 1. The lowest BCUT2D eigenvalue weighted by Gasteiger charge is -2.01. The van der Waals surface area contributed by atoms with Gasteiger partial charge in [-0.1, -0.05) is 6.07 Å². The number of benzene rings is 1. The highest BCUT2D eigenvalue weighted by Crippen LogP contribution is 2.29. The summed E-state index contributed by atoms with van der Waals surface area (Å²) in [4.78, 5) is 10.1. The molecule has 0 saturated carbocycles. The van der Waals surface area contributed by atoms with Gasteiger partial charge in [0.2, 0.25) is 0 Å². The number of rotatable bonds is 1. The van der Waals surface area contributed by atoms with Gasteiger partial charge >= 0.3 is 0 Å². The zero-order valence-electron chi connectivity index (χ0n) is 7.28. The molecule has 1 N–H and O–H groups in total. The molecule has 1 unspecified atom stereocenters. The van der Waals surface area contributed by atoms with Crippen molar-refractivity contribution in [2.75, 3.05) is 5.32 Å². The maximum atomic E-state index is 10.5. The third-order valence-corrected chi connectivity index (χ3v) is 2.23. The van der Waals surface area contributed by atoms with E-state index in [4.69, 9.17) is 0 Å². The minimum absolute atomic E-state index is 0.153. The Kier molecular flexibility index (Phi) is 1.69. The lowest BCUT2D eigenvalue weighted by atomic mass is 10.1. The number of nitro groups is 1. The molecule has 0 bridgehead atoms. The second-order valence-corrected chi connectivity index (χ2v) is 3.35. The quantitative estimate of drug-likeness (QED) is 0.528. The van der Waals surface area contributed by atoms with E-state index in [-0.39, 0.29) is 10.6 Å². The molecule has 4 nitrogen and oxygen atoms in total. The van der Waals surface area contributed by atoms with E-state index in [1.807, 2.05) is 6.07 Å². The normalized spacial score (nSPS) is 19.3. The summed E-state index contributed by atoms with van der Waals surface area (Å²) in [5, 5.41) is 13.6. The monoisotopic (exact) mass is 178 g/mol. The second-order valence-electron chi connectivity index (χ2n) is 3.35. The first-order valence-corrected chi connectivity index (χ1v) is 4.20. The molecular formula is C9H10N2O2. The van der Waals surface area contributed by atoms with Gasteiger partial charge in [-0.25, -0.2) is 0 Å². The molecule has 0 fully saturated rings. The van der Waals surface area contributed by atoms with Crippen molar-refractivity contribution in [2.24, 2.45) is 0 Å². The molecule has 1 aliphatic heterocycles. The van der Waals surface area contributed by atoms with Crippen LogP contribution in [0.3, 0.4) is 0 Å². The Morgan fingerprint density at radius 1 is 1.62 bits per heavy atom. The first-order chi connectivity index (χ1) is 6.16. The van der Waals surface area contributed by atoms with E-state index < -0.39 is 0 Å². The van der Waals surface area contributed by atoms with Crippen LogP contribution in [0.5, 0.6) is 0 Å². The van der Waals surface area contributed by atoms with Crippen LogP contribution in [0.2, 0.25) is 0 Å². The lowest BCUT2D eigenvalue weighted by Crippen LogP contribution is -2.08. The van der Waals surface area contributed by atoms with Crippen molar-refractivity contribution in [1.29, 1.82) is 0 Å². The van der Waals surface area contributed by atoms with Crippen molar-refractivity contribution in [2.45, 2.75) is 19.4 Å². The fraction of sp³-hybridized carbons (Fsp3) is 0.333. The number of fused-ring (bicyclic) bond motifs is 1. The zero-order valence-corrected chi connectivity index (χ0v) is 7.28. The molecule has 1 aliphatic rings. The standard InChI is InChI=1S/C9H10N2O2/c1-6-4-7-2-3-8(11(12)13)5-9(7)10-6/h2-3,5-6,10H,4H2,1H3. The molecule has 0 saturated heterocycles. The van der Waals surface area contributed by atoms with Crippen LogP contribution in [-0.4, -0.2) is 11.0 Å². The van der Waals surface area contributed by atoms with Gasteiger partial charge in [0.1, 0.15) is 0 Å². The average molecular weight is 178 g/mol. The van der Waals surface area contributed by atoms with Gasteiger partial charge in [-0.3, -0.25) is 10.1 Å². The van der Waals surface area contributed by atoms with Gasteiger partial charge in [0.05, 0.1) is 4.92 Å². The van der Waals surface area contributed by atoms with Crippen LogP contribution in [0.15, 0.2) is 18.2 Å². The van der Waals surface area contributed by atoms with Crippen LogP contribution in [0.25, 0.3) is 0 Å². The summed E-state index contributed by atoms with van der Waals surface area (Å²) in [7, 11) is 0. The predicted molar refractivity (Wildman–Crippen MR) is 49.9 cm³/mol. The largest absolute Gasteiger partial charge is 0.382 e. The number of nitro benzene ring substituents is 1. The van der Waals surface area contributed by atoms with Crippen molar-refractivity contribution in [3.63, 3.8) is 0 Å². The minimum atomic E-state index is -0.370. The average Bonchev–Trinajstić information content (AvgIpc) is 2.42. The Morgan fingerprint density at radius 3 is 3.08 bits per heavy atom. The van der Waals surface area contributed by atoms with Crippen LogP contribution in [-0.2, 0) is 6.42 Å². The highest BCUT2D eigenvalue weighted by atomic mass is 16.6. The van der Waals surface area contributed by atoms with Crippen molar-refractivity contribution in [3.8, 4) is 0 Å². The Balaban J connectivity index is 2.40. The van der Waals surface area contributed by atoms with Gasteiger partial charge in [-0.15, -0.1) is 0 Å². The highest BCUT2D eigenvalue weighted by molar-refractivity contribution is 5.61. The molecule has 1 atom stereocenters. The van der Waals surface area contributed by atoms with E-state index in [2.05, 4.69) is 12.2 Å². The number of nitrogens with one attached hydrogen (secondary N) is 1. The summed E-state index contributed by atoms with van der Waals surface area (Å²) >= 11 is 0. The van der Waals surface area contributed by atoms with Crippen LogP contribution in [0.1, 0.15) is 12.5 Å². The maximum Gasteiger partial charge on any atom is 0.271 e. The van der Waals surface area contributed by atoms with Gasteiger partial charge in [-0.2, -0.15) is 0 Å². The predicted octanol–water partition coefficient (Wildman–Crippen LogP) is 1.95. The summed E-state index contributed by atoms with van der Waals surface area (Å²) < 4.78 is 0. The highest BCUT2D eigenvalue weighted by Gasteiger charge is 2.19. The van der Waals surface area contributed by atoms with Gasteiger partial charge in [-0.05, 0) is 18.9 Å². The zero-order chi connectivity index (χ0) is 9.42. The molecule has 68 valence electrons. The van der Waals surface area contributed by atoms with Gasteiger partial charge in [0, 0.05) is 23.9 Å². The molecule has 2 rings (SSSR count). The number of nitrogens with zero attached hydrogens (tertiary/aromatic N) is 1. The van der Waals surface area contributed by atoms with Gasteiger partial charge in [0.15, 0.2) is 0 Å². The Labute approximate surface area is 75.7 Å². The third-order valence-electron chi connectivity index (χ3n) is 2.23. The Bertz CT molecular complexity index is 363. The molecule has 0 spiro atoms. The van der Waals surface area contributed by atoms with Crippen LogP contribution in [0, 0.1) is 10.1 Å². The van der Waals surface area contributed by atoms with E-state index in [9.17, 15) is 10.1 Å². The molecular weight excluding hydrogens is 168 g/mol. The van der Waals surface area contributed by atoms with Gasteiger partial charge < -0.3 is 5.32 Å². The number of anilines is 1. The minimum Gasteiger partial charge on any atom is -0.382 e. The van der Waals surface area contributed by atoms with Crippen molar-refractivity contribution in [3.05, 3.63) is 33.9 Å². The van der Waals surface area contributed by atoms with Crippen LogP contribution in [0.4, 0.5) is 11.4 Å². The summed E-state index contributed by atoms with van der Waals surface area (Å²) in [5.74, 6) is 0. The van der Waals surface area contributed by atoms with E-state index in [1.54, 1.807) is 12.1 Å². The first kappa shape index (κ1) is 8.04. The molecule has 13 heavy (non-hydrogen) atoms. The van der Waals surface area contributed by atoms with E-state index in [0.29, 0.717) is 6.04 Å². The Hall–Kier alpha value is -1.58. The summed E-state index contributed by atoms with van der Waals surface area (Å²) in [5.41, 5.74) is 2.22. The first-order valence-electron chi connectivity index (χ1n) is 4.20. The van der Waals surface area contributed by atoms with Crippen LogP contribution >= 0.6 is 0 Å². The molecule has 4 heteroatoms. The number of hydrogen-bond acceptors (Lipinski definition) is 3. The fourth-order valence-corrected chi connectivity index (χ4v) is 1.64. The van der Waals surface area contributed by atoms with Crippen molar-refractivity contribution < 1.29 is 4.92 Å². The molecule has 1 aromatic carbocycles. The lowest BCUT2D eigenvalue weighted by molar-refractivity contribution is -0.384. The third kappa shape index (κ3) is 1.35. The molecule has 0 radical (unpaired) electrons. The van der Waals surface area contributed by atoms with Crippen LogP contribution < -0.4 is 5.32 Å². The molecule has 1 heterocycles. The molecule has 0 aliphatic carbocycles. The van der Waals surface area contributed by atoms with E-state index >= 15 is 0 Å².